The first-order valence-electron chi connectivity index (χ1n) is 9.09. The summed E-state index contributed by atoms with van der Waals surface area (Å²) in [5.41, 5.74) is 0. The van der Waals surface area contributed by atoms with Gasteiger partial charge in [-0.1, -0.05) is 38.7 Å². The molecule has 0 amide bonds. The van der Waals surface area contributed by atoms with Gasteiger partial charge >= 0.3 is 5.97 Å². The zero-order valence-electron chi connectivity index (χ0n) is 14.4. The van der Waals surface area contributed by atoms with Crippen LogP contribution >= 0.6 is 0 Å². The molecule has 0 aromatic rings. The van der Waals surface area contributed by atoms with Gasteiger partial charge in [0.15, 0.2) is 6.10 Å². The number of aliphatic hydroxyl groups is 3. The molecule has 1 saturated heterocycles. The minimum atomic E-state index is -1.75. The number of fused-ring (bicyclic) bond motifs is 1. The van der Waals surface area contributed by atoms with E-state index < -0.39 is 30.1 Å². The van der Waals surface area contributed by atoms with E-state index in [9.17, 15) is 20.1 Å². The van der Waals surface area contributed by atoms with Crippen LogP contribution < -0.4 is 0 Å². The van der Waals surface area contributed by atoms with Crippen molar-refractivity contribution in [2.24, 2.45) is 0 Å². The highest BCUT2D eigenvalue weighted by atomic mass is 16.7. The number of hydrogen-bond donors (Lipinski definition) is 3. The summed E-state index contributed by atoms with van der Waals surface area (Å²) in [4.78, 5) is 11.9. The Morgan fingerprint density at radius 2 is 2.00 bits per heavy atom. The standard InChI is InChI=1S/C18H30O6/c1-2-3-4-5-6-13-7-9-16-18(22,24-13)12-11-15(20)14(19)8-10-17(21)23-16/h11-16,19-20,22H,2-10H2,1H3. The van der Waals surface area contributed by atoms with Gasteiger partial charge in [-0.25, -0.2) is 0 Å². The van der Waals surface area contributed by atoms with Gasteiger partial charge < -0.3 is 24.8 Å². The molecule has 0 aromatic carbocycles. The molecule has 2 heterocycles. The summed E-state index contributed by atoms with van der Waals surface area (Å²) >= 11 is 0. The monoisotopic (exact) mass is 342 g/mol. The molecule has 0 aliphatic carbocycles. The number of carbonyl (C=O) groups excluding carboxylic acids is 1. The van der Waals surface area contributed by atoms with Crippen LogP contribution in [0.4, 0.5) is 0 Å². The summed E-state index contributed by atoms with van der Waals surface area (Å²) < 4.78 is 11.2. The Morgan fingerprint density at radius 1 is 1.21 bits per heavy atom. The number of esters is 1. The van der Waals surface area contributed by atoms with Crippen LogP contribution in [-0.4, -0.2) is 51.5 Å². The lowest BCUT2D eigenvalue weighted by atomic mass is 9.93. The van der Waals surface area contributed by atoms with Gasteiger partial charge in [-0.15, -0.1) is 0 Å². The molecule has 0 bridgehead atoms. The van der Waals surface area contributed by atoms with Crippen molar-refractivity contribution in [2.75, 3.05) is 0 Å². The lowest BCUT2D eigenvalue weighted by molar-refractivity contribution is -0.277. The van der Waals surface area contributed by atoms with Gasteiger partial charge in [0.05, 0.1) is 18.3 Å². The number of rotatable bonds is 5. The number of hydrogen-bond acceptors (Lipinski definition) is 6. The second-order valence-electron chi connectivity index (χ2n) is 6.85. The Morgan fingerprint density at radius 3 is 2.75 bits per heavy atom. The van der Waals surface area contributed by atoms with Gasteiger partial charge in [-0.05, 0) is 31.8 Å². The molecular weight excluding hydrogens is 312 g/mol. The SMILES string of the molecule is CCCCCCC1CCC2OC(=O)CCC(O)C(O)C=CC2(O)O1. The molecule has 0 radical (unpaired) electrons. The van der Waals surface area contributed by atoms with Gasteiger partial charge in [0, 0.05) is 6.42 Å². The fraction of sp³-hybridized carbons (Fsp3) is 0.833. The predicted octanol–water partition coefficient (Wildman–Crippen LogP) is 1.81. The summed E-state index contributed by atoms with van der Waals surface area (Å²) in [6, 6.07) is 0. The molecule has 0 aromatic heterocycles. The van der Waals surface area contributed by atoms with Gasteiger partial charge in [0.1, 0.15) is 0 Å². The maximum absolute atomic E-state index is 11.9. The summed E-state index contributed by atoms with van der Waals surface area (Å²) in [5, 5.41) is 30.5. The largest absolute Gasteiger partial charge is 0.456 e. The number of ether oxygens (including phenoxy) is 2. The van der Waals surface area contributed by atoms with Crippen molar-refractivity contribution in [3.63, 3.8) is 0 Å². The van der Waals surface area contributed by atoms with E-state index in [2.05, 4.69) is 6.92 Å². The van der Waals surface area contributed by atoms with E-state index in [-0.39, 0.29) is 18.9 Å². The van der Waals surface area contributed by atoms with E-state index in [0.29, 0.717) is 6.42 Å². The Bertz CT molecular complexity index is 437. The molecule has 2 aliphatic rings. The Kier molecular flexibility index (Phi) is 7.22. The number of aliphatic hydroxyl groups excluding tert-OH is 2. The molecule has 5 atom stereocenters. The number of unbranched alkanes of at least 4 members (excludes halogenated alkanes) is 3. The minimum absolute atomic E-state index is 0.000900. The van der Waals surface area contributed by atoms with Gasteiger partial charge in [0.2, 0.25) is 5.79 Å². The van der Waals surface area contributed by atoms with E-state index in [4.69, 9.17) is 9.47 Å². The molecule has 138 valence electrons. The third-order valence-electron chi connectivity index (χ3n) is 4.79. The first-order chi connectivity index (χ1) is 11.4. The second kappa shape index (κ2) is 8.94. The Hall–Kier alpha value is -0.950. The summed E-state index contributed by atoms with van der Waals surface area (Å²) in [6.07, 6.45) is 6.28. The highest BCUT2D eigenvalue weighted by Gasteiger charge is 2.45. The smallest absolute Gasteiger partial charge is 0.306 e. The van der Waals surface area contributed by atoms with Crippen molar-refractivity contribution in [1.29, 1.82) is 0 Å². The van der Waals surface area contributed by atoms with Crippen molar-refractivity contribution < 1.29 is 29.6 Å². The first-order valence-corrected chi connectivity index (χ1v) is 9.09. The van der Waals surface area contributed by atoms with E-state index in [0.717, 1.165) is 32.1 Å². The maximum atomic E-state index is 11.9. The van der Waals surface area contributed by atoms with Crippen LogP contribution in [0.15, 0.2) is 12.2 Å². The quantitative estimate of drug-likeness (QED) is 0.401. The van der Waals surface area contributed by atoms with Gasteiger partial charge in [0.25, 0.3) is 0 Å². The zero-order chi connectivity index (χ0) is 17.6. The van der Waals surface area contributed by atoms with Crippen molar-refractivity contribution in [3.05, 3.63) is 12.2 Å². The molecular formula is C18H30O6. The molecule has 6 heteroatoms. The van der Waals surface area contributed by atoms with Crippen LogP contribution in [-0.2, 0) is 14.3 Å². The molecule has 2 aliphatic heterocycles. The number of carbonyl (C=O) groups is 1. The van der Waals surface area contributed by atoms with Crippen LogP contribution in [0.1, 0.15) is 64.7 Å². The third-order valence-corrected chi connectivity index (χ3v) is 4.79. The van der Waals surface area contributed by atoms with Crippen LogP contribution in [0.3, 0.4) is 0 Å². The average Bonchev–Trinajstić information content (AvgIpc) is 2.56. The molecule has 1 fully saturated rings. The molecule has 5 unspecified atom stereocenters. The molecule has 0 spiro atoms. The zero-order valence-corrected chi connectivity index (χ0v) is 14.4. The Balaban J connectivity index is 2.05. The predicted molar refractivity (Wildman–Crippen MR) is 88.1 cm³/mol. The lowest BCUT2D eigenvalue weighted by Gasteiger charge is -2.41. The topological polar surface area (TPSA) is 96.2 Å². The summed E-state index contributed by atoms with van der Waals surface area (Å²) in [7, 11) is 0. The second-order valence-corrected chi connectivity index (χ2v) is 6.85. The van der Waals surface area contributed by atoms with Crippen molar-refractivity contribution >= 4 is 5.97 Å². The van der Waals surface area contributed by atoms with E-state index in [1.54, 1.807) is 0 Å². The van der Waals surface area contributed by atoms with Gasteiger partial charge in [-0.2, -0.15) is 0 Å². The molecule has 6 nitrogen and oxygen atoms in total. The first kappa shape index (κ1) is 19.4. The van der Waals surface area contributed by atoms with Crippen LogP contribution in [0.25, 0.3) is 0 Å². The van der Waals surface area contributed by atoms with Crippen LogP contribution in [0, 0.1) is 0 Å². The molecule has 24 heavy (non-hydrogen) atoms. The highest BCUT2D eigenvalue weighted by Crippen LogP contribution is 2.34. The third kappa shape index (κ3) is 5.28. The van der Waals surface area contributed by atoms with E-state index in [1.807, 2.05) is 0 Å². The average molecular weight is 342 g/mol. The van der Waals surface area contributed by atoms with Gasteiger partial charge in [-0.3, -0.25) is 4.79 Å². The fourth-order valence-electron chi connectivity index (χ4n) is 3.26. The van der Waals surface area contributed by atoms with Crippen LogP contribution in [0.5, 0.6) is 0 Å². The van der Waals surface area contributed by atoms with Crippen LogP contribution in [0.2, 0.25) is 0 Å². The lowest BCUT2D eigenvalue weighted by Crippen LogP contribution is -2.52. The maximum Gasteiger partial charge on any atom is 0.306 e. The Labute approximate surface area is 143 Å². The summed E-state index contributed by atoms with van der Waals surface area (Å²) in [5.74, 6) is -2.24. The van der Waals surface area contributed by atoms with Crippen molar-refractivity contribution in [2.45, 2.75) is 94.9 Å². The minimum Gasteiger partial charge on any atom is -0.456 e. The molecule has 2 rings (SSSR count). The molecule has 3 N–H and O–H groups in total. The van der Waals surface area contributed by atoms with Crippen molar-refractivity contribution in [3.8, 4) is 0 Å². The molecule has 0 saturated carbocycles. The fourth-order valence-corrected chi connectivity index (χ4v) is 3.26. The van der Waals surface area contributed by atoms with E-state index >= 15 is 0 Å². The highest BCUT2D eigenvalue weighted by molar-refractivity contribution is 5.69. The summed E-state index contributed by atoms with van der Waals surface area (Å²) in [6.45, 7) is 2.16. The van der Waals surface area contributed by atoms with E-state index in [1.165, 1.54) is 18.6 Å². The van der Waals surface area contributed by atoms with Crippen molar-refractivity contribution in [1.82, 2.24) is 0 Å². The normalized spacial score (nSPS) is 37.6.